The Balaban J connectivity index is 1.92. The predicted molar refractivity (Wildman–Crippen MR) is 61.8 cm³/mol. The second-order valence-corrected chi connectivity index (χ2v) is 5.28. The minimum atomic E-state index is 0.255. The molecule has 2 aliphatic rings. The van der Waals surface area contributed by atoms with Crippen molar-refractivity contribution in [1.29, 1.82) is 0 Å². The van der Waals surface area contributed by atoms with Gasteiger partial charge in [-0.25, -0.2) is 0 Å². The fourth-order valence-corrected chi connectivity index (χ4v) is 2.80. The molecule has 3 heteroatoms. The summed E-state index contributed by atoms with van der Waals surface area (Å²) >= 11 is 0. The zero-order chi connectivity index (χ0) is 10.9. The van der Waals surface area contributed by atoms with Crippen LogP contribution in [-0.2, 0) is 4.74 Å². The third-order valence-electron chi connectivity index (χ3n) is 4.34. The van der Waals surface area contributed by atoms with Crippen molar-refractivity contribution in [3.63, 3.8) is 0 Å². The molecule has 0 aromatic carbocycles. The average Bonchev–Trinajstić information content (AvgIpc) is 2.25. The summed E-state index contributed by atoms with van der Waals surface area (Å²) in [6.07, 6.45) is 6.28. The van der Waals surface area contributed by atoms with Gasteiger partial charge in [-0.05, 0) is 46.1 Å². The summed E-state index contributed by atoms with van der Waals surface area (Å²) in [5.74, 6) is 0. The maximum absolute atomic E-state index is 5.94. The molecule has 1 heterocycles. The highest BCUT2D eigenvalue weighted by atomic mass is 16.5. The summed E-state index contributed by atoms with van der Waals surface area (Å²) < 4.78 is 5.94. The highest BCUT2D eigenvalue weighted by molar-refractivity contribution is 4.96. The molecule has 2 rings (SSSR count). The lowest BCUT2D eigenvalue weighted by Crippen LogP contribution is -2.53. The van der Waals surface area contributed by atoms with Crippen LogP contribution in [-0.4, -0.2) is 42.8 Å². The van der Waals surface area contributed by atoms with Gasteiger partial charge in [0.1, 0.15) is 0 Å². The molecule has 2 unspecified atom stereocenters. The predicted octanol–water partition coefficient (Wildman–Crippen LogP) is 1.37. The summed E-state index contributed by atoms with van der Waals surface area (Å²) in [5.41, 5.74) is 5.98. The first-order valence-corrected chi connectivity index (χ1v) is 6.23. The molecule has 2 N–H and O–H groups in total. The Kier molecular flexibility index (Phi) is 3.33. The zero-order valence-corrected chi connectivity index (χ0v) is 10.0. The van der Waals surface area contributed by atoms with E-state index in [2.05, 4.69) is 18.9 Å². The van der Waals surface area contributed by atoms with Crippen molar-refractivity contribution in [2.45, 2.75) is 56.7 Å². The monoisotopic (exact) mass is 212 g/mol. The Bertz CT molecular complexity index is 216. The van der Waals surface area contributed by atoms with E-state index in [9.17, 15) is 0 Å². The van der Waals surface area contributed by atoms with Crippen LogP contribution in [0.1, 0.15) is 39.0 Å². The van der Waals surface area contributed by atoms with Crippen LogP contribution in [0, 0.1) is 0 Å². The lowest BCUT2D eigenvalue weighted by Gasteiger charge is -2.49. The average molecular weight is 212 g/mol. The molecule has 15 heavy (non-hydrogen) atoms. The van der Waals surface area contributed by atoms with Gasteiger partial charge in [0.15, 0.2) is 0 Å². The second-order valence-electron chi connectivity index (χ2n) is 5.28. The lowest BCUT2D eigenvalue weighted by atomic mass is 9.73. The molecule has 3 nitrogen and oxygen atoms in total. The first kappa shape index (κ1) is 11.4. The Morgan fingerprint density at radius 3 is 2.80 bits per heavy atom. The smallest absolute Gasteiger partial charge is 0.0697 e. The molecule has 0 radical (unpaired) electrons. The number of nitrogens with two attached hydrogens (primary N) is 1. The first-order valence-electron chi connectivity index (χ1n) is 6.23. The van der Waals surface area contributed by atoms with Gasteiger partial charge in [-0.1, -0.05) is 0 Å². The summed E-state index contributed by atoms with van der Waals surface area (Å²) in [4.78, 5) is 2.45. The SMILES string of the molecule is CC(CN)N(C)C1CCOC2(CCC2)C1. The number of hydrogen-bond acceptors (Lipinski definition) is 3. The zero-order valence-electron chi connectivity index (χ0n) is 10.0. The molecule has 0 bridgehead atoms. The van der Waals surface area contributed by atoms with Gasteiger partial charge in [0.2, 0.25) is 0 Å². The number of nitrogens with zero attached hydrogens (tertiary/aromatic N) is 1. The van der Waals surface area contributed by atoms with Crippen molar-refractivity contribution in [1.82, 2.24) is 4.90 Å². The van der Waals surface area contributed by atoms with Gasteiger partial charge in [0.05, 0.1) is 5.60 Å². The summed E-state index contributed by atoms with van der Waals surface area (Å²) in [5, 5.41) is 0. The van der Waals surface area contributed by atoms with E-state index in [1.165, 1.54) is 32.1 Å². The molecule has 1 aliphatic carbocycles. The fraction of sp³-hybridized carbons (Fsp3) is 1.00. The van der Waals surface area contributed by atoms with Crippen molar-refractivity contribution in [3.05, 3.63) is 0 Å². The van der Waals surface area contributed by atoms with E-state index in [1.54, 1.807) is 0 Å². The van der Waals surface area contributed by atoms with Crippen LogP contribution in [0.3, 0.4) is 0 Å². The lowest BCUT2D eigenvalue weighted by molar-refractivity contribution is -0.148. The van der Waals surface area contributed by atoms with E-state index in [0.29, 0.717) is 12.1 Å². The number of likely N-dealkylation sites (N-methyl/N-ethyl adjacent to an activating group) is 1. The number of ether oxygens (including phenoxy) is 1. The molecule has 1 saturated carbocycles. The highest BCUT2D eigenvalue weighted by Gasteiger charge is 2.43. The molecule has 2 atom stereocenters. The molecule has 1 saturated heterocycles. The van der Waals surface area contributed by atoms with Crippen molar-refractivity contribution in [2.24, 2.45) is 5.73 Å². The Labute approximate surface area is 93.0 Å². The Morgan fingerprint density at radius 1 is 1.53 bits per heavy atom. The van der Waals surface area contributed by atoms with Crippen LogP contribution in [0.15, 0.2) is 0 Å². The highest BCUT2D eigenvalue weighted by Crippen LogP contribution is 2.43. The number of hydrogen-bond donors (Lipinski definition) is 1. The van der Waals surface area contributed by atoms with Gasteiger partial charge < -0.3 is 10.5 Å². The van der Waals surface area contributed by atoms with Gasteiger partial charge in [-0.3, -0.25) is 4.90 Å². The van der Waals surface area contributed by atoms with Gasteiger partial charge in [-0.15, -0.1) is 0 Å². The minimum absolute atomic E-state index is 0.255. The first-order chi connectivity index (χ1) is 7.17. The third-order valence-corrected chi connectivity index (χ3v) is 4.34. The Hall–Kier alpha value is -0.120. The van der Waals surface area contributed by atoms with Crippen LogP contribution < -0.4 is 5.73 Å². The molecule has 88 valence electrons. The van der Waals surface area contributed by atoms with Gasteiger partial charge in [0, 0.05) is 25.2 Å². The normalized spacial score (nSPS) is 31.6. The van der Waals surface area contributed by atoms with E-state index in [0.717, 1.165) is 13.2 Å². The van der Waals surface area contributed by atoms with Crippen LogP contribution in [0.5, 0.6) is 0 Å². The Morgan fingerprint density at radius 2 is 2.27 bits per heavy atom. The summed E-state index contributed by atoms with van der Waals surface area (Å²) in [6, 6.07) is 1.17. The van der Waals surface area contributed by atoms with E-state index in [1.807, 2.05) is 0 Å². The maximum atomic E-state index is 5.94. The maximum Gasteiger partial charge on any atom is 0.0697 e. The topological polar surface area (TPSA) is 38.5 Å². The van der Waals surface area contributed by atoms with Crippen LogP contribution >= 0.6 is 0 Å². The molecule has 0 amide bonds. The molecule has 1 spiro atoms. The van der Waals surface area contributed by atoms with E-state index < -0.39 is 0 Å². The van der Waals surface area contributed by atoms with Crippen molar-refractivity contribution in [2.75, 3.05) is 20.2 Å². The van der Waals surface area contributed by atoms with Gasteiger partial charge in [-0.2, -0.15) is 0 Å². The van der Waals surface area contributed by atoms with E-state index in [-0.39, 0.29) is 5.60 Å². The molecular formula is C12H24N2O. The van der Waals surface area contributed by atoms with Crippen LogP contribution in [0.2, 0.25) is 0 Å². The largest absolute Gasteiger partial charge is 0.375 e. The third kappa shape index (κ3) is 2.19. The van der Waals surface area contributed by atoms with Gasteiger partial charge >= 0.3 is 0 Å². The van der Waals surface area contributed by atoms with E-state index >= 15 is 0 Å². The molecule has 1 aliphatic heterocycles. The van der Waals surface area contributed by atoms with Crippen molar-refractivity contribution >= 4 is 0 Å². The second kappa shape index (κ2) is 4.40. The van der Waals surface area contributed by atoms with Crippen molar-refractivity contribution in [3.8, 4) is 0 Å². The quantitative estimate of drug-likeness (QED) is 0.768. The van der Waals surface area contributed by atoms with Crippen LogP contribution in [0.4, 0.5) is 0 Å². The summed E-state index contributed by atoms with van der Waals surface area (Å²) in [6.45, 7) is 3.90. The number of rotatable bonds is 3. The fourth-order valence-electron chi connectivity index (χ4n) is 2.80. The summed E-state index contributed by atoms with van der Waals surface area (Å²) in [7, 11) is 2.21. The molecule has 2 fully saturated rings. The standard InChI is InChI=1S/C12H24N2O/c1-10(9-13)14(2)11-4-7-15-12(8-11)5-3-6-12/h10-11H,3-9,13H2,1-2H3. The van der Waals surface area contributed by atoms with Crippen molar-refractivity contribution < 1.29 is 4.74 Å². The molecular weight excluding hydrogens is 188 g/mol. The van der Waals surface area contributed by atoms with Gasteiger partial charge in [0.25, 0.3) is 0 Å². The molecule has 0 aromatic rings. The molecule has 0 aromatic heterocycles. The minimum Gasteiger partial charge on any atom is -0.375 e. The van der Waals surface area contributed by atoms with E-state index in [4.69, 9.17) is 10.5 Å². The van der Waals surface area contributed by atoms with Crippen LogP contribution in [0.25, 0.3) is 0 Å².